The molecule has 0 bridgehead atoms. The molecule has 0 saturated carbocycles. The van der Waals surface area contributed by atoms with Crippen LogP contribution in [0.25, 0.3) is 0 Å². The molecule has 7 nitrogen and oxygen atoms in total. The molecular formula is C9H12N2O5. The molecule has 7 heteroatoms. The zero-order chi connectivity index (χ0) is 12.3. The van der Waals surface area contributed by atoms with Crippen molar-refractivity contribution in [3.05, 3.63) is 27.4 Å². The van der Waals surface area contributed by atoms with E-state index in [2.05, 4.69) is 0 Å². The number of hydrogen-bond acceptors (Lipinski definition) is 5. The highest BCUT2D eigenvalue weighted by molar-refractivity contribution is 5.89. The molecule has 1 N–H and O–H groups in total. The average molecular weight is 228 g/mol. The number of nitrogens with zero attached hydrogens (tertiary/aromatic N) is 2. The Labute approximate surface area is 91.4 Å². The van der Waals surface area contributed by atoms with Crippen molar-refractivity contribution >= 4 is 11.8 Å². The Morgan fingerprint density at radius 2 is 2.31 bits per heavy atom. The molecule has 0 amide bonds. The monoisotopic (exact) mass is 228 g/mol. The Morgan fingerprint density at radius 3 is 2.69 bits per heavy atom. The van der Waals surface area contributed by atoms with Gasteiger partial charge in [-0.25, -0.2) is 9.36 Å². The fourth-order valence-electron chi connectivity index (χ4n) is 1.41. The van der Waals surface area contributed by atoms with Gasteiger partial charge in [-0.3, -0.25) is 0 Å². The number of rotatable bonds is 4. The van der Waals surface area contributed by atoms with Crippen LogP contribution in [0.3, 0.4) is 0 Å². The molecule has 0 radical (unpaired) electrons. The van der Waals surface area contributed by atoms with Crippen molar-refractivity contribution in [2.75, 3.05) is 6.61 Å². The second-order valence-electron chi connectivity index (χ2n) is 3.07. The fourth-order valence-corrected chi connectivity index (χ4v) is 1.41. The number of esters is 1. The van der Waals surface area contributed by atoms with Gasteiger partial charge in [0.1, 0.15) is 0 Å². The maximum atomic E-state index is 11.4. The predicted molar refractivity (Wildman–Crippen MR) is 53.9 cm³/mol. The van der Waals surface area contributed by atoms with E-state index >= 15 is 0 Å². The van der Waals surface area contributed by atoms with Crippen molar-refractivity contribution in [2.24, 2.45) is 7.05 Å². The number of aromatic nitrogens is 1. The van der Waals surface area contributed by atoms with Crippen LogP contribution < -0.4 is 0 Å². The van der Waals surface area contributed by atoms with Gasteiger partial charge in [-0.2, -0.15) is 0 Å². The van der Waals surface area contributed by atoms with E-state index in [1.54, 1.807) is 6.92 Å². The van der Waals surface area contributed by atoms with Gasteiger partial charge in [0.15, 0.2) is 0 Å². The Morgan fingerprint density at radius 1 is 1.69 bits per heavy atom. The third kappa shape index (κ3) is 2.03. The third-order valence-electron chi connectivity index (χ3n) is 2.11. The normalized spacial score (nSPS) is 10.2. The number of nitro groups is 1. The van der Waals surface area contributed by atoms with Crippen molar-refractivity contribution in [3.63, 3.8) is 0 Å². The molecule has 0 aliphatic rings. The summed E-state index contributed by atoms with van der Waals surface area (Å²) in [6.07, 6.45) is 0. The Bertz CT molecular complexity index is 424. The highest BCUT2D eigenvalue weighted by Gasteiger charge is 2.26. The molecule has 0 aliphatic heterocycles. The van der Waals surface area contributed by atoms with Crippen LogP contribution in [-0.4, -0.2) is 27.2 Å². The second kappa shape index (κ2) is 4.75. The predicted octanol–water partition coefficient (Wildman–Crippen LogP) is 0.602. The lowest BCUT2D eigenvalue weighted by atomic mass is 10.3. The standard InChI is InChI=1S/C9H12N2O5/c1-3-16-9(13)7-4-6(5-12)8(10(7)2)11(14)15/h4,12H,3,5H2,1-2H3. The molecule has 0 unspecified atom stereocenters. The van der Waals surface area contributed by atoms with Crippen LogP contribution in [0.4, 0.5) is 5.82 Å². The van der Waals surface area contributed by atoms with Crippen LogP contribution >= 0.6 is 0 Å². The van der Waals surface area contributed by atoms with Crippen molar-refractivity contribution in [1.29, 1.82) is 0 Å². The minimum absolute atomic E-state index is 0.0533. The Kier molecular flexibility index (Phi) is 3.62. The van der Waals surface area contributed by atoms with Crippen molar-refractivity contribution in [3.8, 4) is 0 Å². The van der Waals surface area contributed by atoms with Gasteiger partial charge in [0.25, 0.3) is 0 Å². The number of hydrogen-bond donors (Lipinski definition) is 1. The van der Waals surface area contributed by atoms with Gasteiger partial charge in [0.2, 0.25) is 5.69 Å². The van der Waals surface area contributed by atoms with Gasteiger partial charge >= 0.3 is 11.8 Å². The molecule has 88 valence electrons. The Balaban J connectivity index is 3.23. The van der Waals surface area contributed by atoms with E-state index in [1.165, 1.54) is 13.1 Å². The molecule has 1 rings (SSSR count). The quantitative estimate of drug-likeness (QED) is 0.462. The van der Waals surface area contributed by atoms with Crippen molar-refractivity contribution in [2.45, 2.75) is 13.5 Å². The van der Waals surface area contributed by atoms with E-state index in [-0.39, 0.29) is 23.7 Å². The third-order valence-corrected chi connectivity index (χ3v) is 2.11. The molecule has 16 heavy (non-hydrogen) atoms. The van der Waals surface area contributed by atoms with E-state index in [9.17, 15) is 14.9 Å². The van der Waals surface area contributed by atoms with Gasteiger partial charge in [-0.05, 0) is 11.8 Å². The van der Waals surface area contributed by atoms with E-state index in [1.807, 2.05) is 0 Å². The number of carbonyl (C=O) groups excluding carboxylic acids is 1. The van der Waals surface area contributed by atoms with Gasteiger partial charge < -0.3 is 20.0 Å². The molecule has 1 heterocycles. The number of ether oxygens (including phenoxy) is 1. The summed E-state index contributed by atoms with van der Waals surface area (Å²) in [5.41, 5.74) is 0.146. The molecule has 1 aromatic rings. The zero-order valence-electron chi connectivity index (χ0n) is 8.97. The van der Waals surface area contributed by atoms with E-state index in [0.717, 1.165) is 4.57 Å². The molecule has 0 spiro atoms. The van der Waals surface area contributed by atoms with Gasteiger partial charge in [0.05, 0.1) is 25.8 Å². The van der Waals surface area contributed by atoms with Crippen molar-refractivity contribution < 1.29 is 19.6 Å². The minimum Gasteiger partial charge on any atom is -0.460 e. The first-order chi connectivity index (χ1) is 7.52. The summed E-state index contributed by atoms with van der Waals surface area (Å²) in [5, 5.41) is 19.7. The smallest absolute Gasteiger partial charge is 0.378 e. The molecular weight excluding hydrogens is 216 g/mol. The van der Waals surface area contributed by atoms with Crippen LogP contribution in [0.2, 0.25) is 0 Å². The summed E-state index contributed by atoms with van der Waals surface area (Å²) in [5.74, 6) is -0.946. The van der Waals surface area contributed by atoms with Gasteiger partial charge in [0, 0.05) is 6.07 Å². The number of carbonyl (C=O) groups is 1. The first kappa shape index (κ1) is 12.2. The van der Waals surface area contributed by atoms with Crippen molar-refractivity contribution in [1.82, 2.24) is 4.57 Å². The molecule has 0 saturated heterocycles. The summed E-state index contributed by atoms with van der Waals surface area (Å²) in [7, 11) is 1.38. The highest BCUT2D eigenvalue weighted by atomic mass is 16.6. The lowest BCUT2D eigenvalue weighted by molar-refractivity contribution is -0.392. The van der Waals surface area contributed by atoms with E-state index in [0.29, 0.717) is 0 Å². The topological polar surface area (TPSA) is 94.6 Å². The molecule has 0 aromatic carbocycles. The summed E-state index contributed by atoms with van der Waals surface area (Å²) >= 11 is 0. The number of aliphatic hydroxyl groups excluding tert-OH is 1. The first-order valence-electron chi connectivity index (χ1n) is 4.63. The van der Waals surface area contributed by atoms with E-state index in [4.69, 9.17) is 9.84 Å². The summed E-state index contributed by atoms with van der Waals surface area (Å²) < 4.78 is 5.84. The molecule has 0 fully saturated rings. The van der Waals surface area contributed by atoms with Crippen LogP contribution in [0.15, 0.2) is 6.07 Å². The van der Waals surface area contributed by atoms with Crippen LogP contribution in [-0.2, 0) is 18.4 Å². The summed E-state index contributed by atoms with van der Waals surface area (Å²) in [6.45, 7) is 1.33. The number of aliphatic hydroxyl groups is 1. The van der Waals surface area contributed by atoms with Gasteiger partial charge in [-0.1, -0.05) is 0 Å². The van der Waals surface area contributed by atoms with Crippen LogP contribution in [0.5, 0.6) is 0 Å². The molecule has 0 aliphatic carbocycles. The summed E-state index contributed by atoms with van der Waals surface area (Å²) in [6, 6.07) is 1.26. The maximum absolute atomic E-state index is 11.4. The minimum atomic E-state index is -0.646. The SMILES string of the molecule is CCOC(=O)c1cc(CO)c([N+](=O)[O-])n1C. The lowest BCUT2D eigenvalue weighted by Crippen LogP contribution is -2.10. The van der Waals surface area contributed by atoms with Crippen LogP contribution in [0, 0.1) is 10.1 Å². The summed E-state index contributed by atoms with van der Waals surface area (Å²) in [4.78, 5) is 21.5. The molecule has 1 aromatic heterocycles. The second-order valence-corrected chi connectivity index (χ2v) is 3.07. The lowest BCUT2D eigenvalue weighted by Gasteiger charge is -2.00. The largest absolute Gasteiger partial charge is 0.460 e. The fraction of sp³-hybridized carbons (Fsp3) is 0.444. The molecule has 0 atom stereocenters. The average Bonchev–Trinajstić information content (AvgIpc) is 2.55. The first-order valence-corrected chi connectivity index (χ1v) is 4.63. The van der Waals surface area contributed by atoms with Gasteiger partial charge in [-0.15, -0.1) is 0 Å². The zero-order valence-corrected chi connectivity index (χ0v) is 8.97. The van der Waals surface area contributed by atoms with Crippen LogP contribution in [0.1, 0.15) is 23.0 Å². The highest BCUT2D eigenvalue weighted by Crippen LogP contribution is 2.23. The van der Waals surface area contributed by atoms with E-state index < -0.39 is 17.5 Å². The maximum Gasteiger partial charge on any atom is 0.378 e. The Hall–Kier alpha value is -1.89.